The topological polar surface area (TPSA) is 97.7 Å². The van der Waals surface area contributed by atoms with Crippen molar-refractivity contribution in [3.63, 3.8) is 0 Å². The van der Waals surface area contributed by atoms with Gasteiger partial charge in [0.15, 0.2) is 18.1 Å². The van der Waals surface area contributed by atoms with Crippen LogP contribution in [0.5, 0.6) is 5.88 Å². The first-order valence-corrected chi connectivity index (χ1v) is 9.81. The monoisotopic (exact) mass is 444 g/mol. The molecule has 0 aliphatic carbocycles. The van der Waals surface area contributed by atoms with Gasteiger partial charge in [-0.2, -0.15) is 5.10 Å². The molecule has 0 aliphatic heterocycles. The standard InChI is InChI=1S/C20H18Cl2N6O2/c1-10-4-11(2)23-19-18(10)20(27-28(19)3)30-9-17(29)24-16-8-15(25-26-16)12-5-13(21)7-14(22)6-12/h4-8H,9H2,1-3H3,(H2,24,25,26,29). The highest BCUT2D eigenvalue weighted by Crippen LogP contribution is 2.28. The normalized spacial score (nSPS) is 11.1. The van der Waals surface area contributed by atoms with E-state index in [9.17, 15) is 4.79 Å². The van der Waals surface area contributed by atoms with Crippen molar-refractivity contribution in [3.8, 4) is 17.1 Å². The molecule has 3 heterocycles. The van der Waals surface area contributed by atoms with Crippen LogP contribution in [0.15, 0.2) is 30.3 Å². The Labute approximate surface area is 182 Å². The zero-order valence-corrected chi connectivity index (χ0v) is 18.0. The molecule has 30 heavy (non-hydrogen) atoms. The van der Waals surface area contributed by atoms with E-state index in [1.807, 2.05) is 19.9 Å². The minimum Gasteiger partial charge on any atom is -0.466 e. The fraction of sp³-hybridized carbons (Fsp3) is 0.200. The number of carbonyl (C=O) groups is 1. The molecule has 10 heteroatoms. The third-order valence-corrected chi connectivity index (χ3v) is 4.88. The predicted octanol–water partition coefficient (Wildman–Crippen LogP) is 4.30. The molecular weight excluding hydrogens is 427 g/mol. The van der Waals surface area contributed by atoms with Crippen LogP contribution in [0, 0.1) is 13.8 Å². The summed E-state index contributed by atoms with van der Waals surface area (Å²) in [7, 11) is 1.79. The number of H-pyrrole nitrogens is 1. The number of ether oxygens (including phenoxy) is 1. The fourth-order valence-corrected chi connectivity index (χ4v) is 3.73. The Bertz CT molecular complexity index is 1240. The van der Waals surface area contributed by atoms with E-state index in [0.717, 1.165) is 22.2 Å². The molecule has 3 aromatic heterocycles. The Morgan fingerprint density at radius 3 is 2.63 bits per heavy atom. The number of nitrogens with one attached hydrogen (secondary N) is 2. The van der Waals surface area contributed by atoms with E-state index >= 15 is 0 Å². The molecule has 0 atom stereocenters. The summed E-state index contributed by atoms with van der Waals surface area (Å²) in [6.45, 7) is 3.66. The first-order chi connectivity index (χ1) is 14.3. The molecule has 0 saturated heterocycles. The number of pyridine rings is 1. The largest absolute Gasteiger partial charge is 0.466 e. The second kappa shape index (κ2) is 7.97. The van der Waals surface area contributed by atoms with Crippen LogP contribution in [-0.4, -0.2) is 37.5 Å². The minimum atomic E-state index is -0.367. The maximum atomic E-state index is 12.3. The molecular formula is C20H18Cl2N6O2. The Hall–Kier alpha value is -3.10. The third-order valence-electron chi connectivity index (χ3n) is 4.45. The molecule has 1 aromatic carbocycles. The van der Waals surface area contributed by atoms with Gasteiger partial charge in [0, 0.05) is 34.4 Å². The summed E-state index contributed by atoms with van der Waals surface area (Å²) < 4.78 is 7.30. The van der Waals surface area contributed by atoms with Crippen molar-refractivity contribution in [1.82, 2.24) is 25.0 Å². The van der Waals surface area contributed by atoms with E-state index in [2.05, 4.69) is 25.6 Å². The van der Waals surface area contributed by atoms with E-state index in [-0.39, 0.29) is 12.5 Å². The number of rotatable bonds is 5. The van der Waals surface area contributed by atoms with Crippen molar-refractivity contribution in [1.29, 1.82) is 0 Å². The molecule has 154 valence electrons. The molecule has 0 unspecified atom stereocenters. The van der Waals surface area contributed by atoms with Crippen LogP contribution in [0.3, 0.4) is 0 Å². The maximum Gasteiger partial charge on any atom is 0.263 e. The summed E-state index contributed by atoms with van der Waals surface area (Å²) in [6.07, 6.45) is 0. The molecule has 4 rings (SSSR count). The van der Waals surface area contributed by atoms with Crippen LogP contribution >= 0.6 is 23.2 Å². The van der Waals surface area contributed by atoms with Crippen LogP contribution < -0.4 is 10.1 Å². The van der Waals surface area contributed by atoms with Crippen LogP contribution in [0.1, 0.15) is 11.3 Å². The highest BCUT2D eigenvalue weighted by molar-refractivity contribution is 6.35. The quantitative estimate of drug-likeness (QED) is 0.478. The molecule has 8 nitrogen and oxygen atoms in total. The van der Waals surface area contributed by atoms with Crippen LogP contribution in [0.2, 0.25) is 10.0 Å². The second-order valence-corrected chi connectivity index (χ2v) is 7.74. The Kier molecular flexibility index (Phi) is 5.36. The van der Waals surface area contributed by atoms with Crippen LogP contribution in [0.4, 0.5) is 5.82 Å². The average molecular weight is 445 g/mol. The van der Waals surface area contributed by atoms with Crippen molar-refractivity contribution in [2.75, 3.05) is 11.9 Å². The Morgan fingerprint density at radius 2 is 1.90 bits per heavy atom. The van der Waals surface area contributed by atoms with Gasteiger partial charge in [-0.1, -0.05) is 23.2 Å². The summed E-state index contributed by atoms with van der Waals surface area (Å²) in [5.74, 6) is 0.353. The average Bonchev–Trinajstić information content (AvgIpc) is 3.24. The van der Waals surface area contributed by atoms with Gasteiger partial charge in [-0.05, 0) is 43.7 Å². The number of benzene rings is 1. The number of aryl methyl sites for hydroxylation is 3. The van der Waals surface area contributed by atoms with Crippen LogP contribution in [-0.2, 0) is 11.8 Å². The number of amides is 1. The lowest BCUT2D eigenvalue weighted by Gasteiger charge is -2.05. The van der Waals surface area contributed by atoms with E-state index in [1.54, 1.807) is 36.0 Å². The Balaban J connectivity index is 1.45. The van der Waals surface area contributed by atoms with E-state index in [0.29, 0.717) is 33.1 Å². The van der Waals surface area contributed by atoms with Crippen molar-refractivity contribution in [2.24, 2.45) is 7.05 Å². The zero-order valence-electron chi connectivity index (χ0n) is 16.5. The van der Waals surface area contributed by atoms with E-state index in [1.165, 1.54) is 0 Å². The van der Waals surface area contributed by atoms with Gasteiger partial charge in [-0.3, -0.25) is 9.89 Å². The number of nitrogens with zero attached hydrogens (tertiary/aromatic N) is 4. The maximum absolute atomic E-state index is 12.3. The fourth-order valence-electron chi connectivity index (χ4n) is 3.21. The number of aromatic nitrogens is 5. The molecule has 0 radical (unpaired) electrons. The third kappa shape index (κ3) is 4.10. The van der Waals surface area contributed by atoms with Gasteiger partial charge in [0.2, 0.25) is 5.88 Å². The van der Waals surface area contributed by atoms with Gasteiger partial charge in [-0.15, -0.1) is 5.10 Å². The van der Waals surface area contributed by atoms with Crippen molar-refractivity contribution in [2.45, 2.75) is 13.8 Å². The summed E-state index contributed by atoms with van der Waals surface area (Å²) in [5.41, 5.74) is 4.01. The lowest BCUT2D eigenvalue weighted by atomic mass is 10.1. The zero-order chi connectivity index (χ0) is 21.4. The number of fused-ring (bicyclic) bond motifs is 1. The molecule has 4 aromatic rings. The van der Waals surface area contributed by atoms with Crippen molar-refractivity contribution < 1.29 is 9.53 Å². The SMILES string of the molecule is Cc1cc(C)c2c(OCC(=O)Nc3cc(-c4cc(Cl)cc(Cl)c4)[nH]n3)nn(C)c2n1. The van der Waals surface area contributed by atoms with E-state index < -0.39 is 0 Å². The number of halogens is 2. The van der Waals surface area contributed by atoms with Gasteiger partial charge in [0.25, 0.3) is 5.91 Å². The number of hydrogen-bond donors (Lipinski definition) is 2. The molecule has 0 saturated carbocycles. The number of aromatic amines is 1. The lowest BCUT2D eigenvalue weighted by molar-refractivity contribution is -0.118. The highest BCUT2D eigenvalue weighted by atomic mass is 35.5. The predicted molar refractivity (Wildman–Crippen MR) is 116 cm³/mol. The van der Waals surface area contributed by atoms with Gasteiger partial charge >= 0.3 is 0 Å². The smallest absolute Gasteiger partial charge is 0.263 e. The van der Waals surface area contributed by atoms with Crippen molar-refractivity contribution in [3.05, 3.63) is 51.6 Å². The first-order valence-electron chi connectivity index (χ1n) is 9.05. The molecule has 1 amide bonds. The van der Waals surface area contributed by atoms with Gasteiger partial charge in [0.1, 0.15) is 0 Å². The summed E-state index contributed by atoms with van der Waals surface area (Å²) in [6, 6.07) is 8.78. The summed E-state index contributed by atoms with van der Waals surface area (Å²) >= 11 is 12.1. The van der Waals surface area contributed by atoms with E-state index in [4.69, 9.17) is 27.9 Å². The number of anilines is 1. The van der Waals surface area contributed by atoms with Gasteiger partial charge < -0.3 is 10.1 Å². The molecule has 0 aliphatic rings. The van der Waals surface area contributed by atoms with Crippen LogP contribution in [0.25, 0.3) is 22.3 Å². The Morgan fingerprint density at radius 1 is 1.17 bits per heavy atom. The number of hydrogen-bond acceptors (Lipinski definition) is 5. The van der Waals surface area contributed by atoms with Gasteiger partial charge in [0.05, 0.1) is 11.1 Å². The highest BCUT2D eigenvalue weighted by Gasteiger charge is 2.16. The molecule has 0 bridgehead atoms. The van der Waals surface area contributed by atoms with Gasteiger partial charge in [-0.25, -0.2) is 9.67 Å². The lowest BCUT2D eigenvalue weighted by Crippen LogP contribution is -2.20. The molecule has 0 spiro atoms. The second-order valence-electron chi connectivity index (χ2n) is 6.87. The number of carbonyl (C=O) groups excluding carboxylic acids is 1. The molecule has 2 N–H and O–H groups in total. The summed E-state index contributed by atoms with van der Waals surface area (Å²) in [5, 5.41) is 15.8. The first kappa shape index (κ1) is 20.2. The minimum absolute atomic E-state index is 0.218. The summed E-state index contributed by atoms with van der Waals surface area (Å²) in [4.78, 5) is 16.8. The molecule has 0 fully saturated rings. The van der Waals surface area contributed by atoms with Crippen molar-refractivity contribution >= 4 is 46.0 Å².